The molecule has 22 heavy (non-hydrogen) atoms. The zero-order chi connectivity index (χ0) is 15.3. The van der Waals surface area contributed by atoms with E-state index in [-0.39, 0.29) is 5.69 Å². The molecular formula is C17H15N3O2. The highest BCUT2D eigenvalue weighted by atomic mass is 16.4. The van der Waals surface area contributed by atoms with Crippen molar-refractivity contribution in [2.24, 2.45) is 0 Å². The fourth-order valence-corrected chi connectivity index (χ4v) is 2.77. The Hall–Kier alpha value is -2.69. The summed E-state index contributed by atoms with van der Waals surface area (Å²) in [5.74, 6) is -0.601. The monoisotopic (exact) mass is 293 g/mol. The first-order valence-corrected chi connectivity index (χ1v) is 7.33. The van der Waals surface area contributed by atoms with Crippen LogP contribution in [0, 0.1) is 6.92 Å². The maximum Gasteiger partial charge on any atom is 0.354 e. The Kier molecular flexibility index (Phi) is 2.76. The van der Waals surface area contributed by atoms with Crippen LogP contribution in [-0.4, -0.2) is 25.7 Å². The van der Waals surface area contributed by atoms with E-state index < -0.39 is 5.97 Å². The maximum absolute atomic E-state index is 11.3. The van der Waals surface area contributed by atoms with E-state index in [2.05, 4.69) is 10.1 Å². The summed E-state index contributed by atoms with van der Waals surface area (Å²) in [7, 11) is 0. The second-order valence-electron chi connectivity index (χ2n) is 5.76. The Bertz CT molecular complexity index is 894. The Balaban J connectivity index is 1.95. The van der Waals surface area contributed by atoms with Gasteiger partial charge in [-0.15, -0.1) is 0 Å². The molecule has 1 N–H and O–H groups in total. The fraction of sp³-hybridized carbons (Fsp3) is 0.235. The van der Waals surface area contributed by atoms with Gasteiger partial charge in [0.25, 0.3) is 0 Å². The van der Waals surface area contributed by atoms with Crippen LogP contribution in [0.4, 0.5) is 0 Å². The Morgan fingerprint density at radius 3 is 2.73 bits per heavy atom. The molecule has 1 aromatic carbocycles. The van der Waals surface area contributed by atoms with Crippen LogP contribution in [-0.2, 0) is 0 Å². The van der Waals surface area contributed by atoms with Crippen LogP contribution in [0.5, 0.6) is 0 Å². The van der Waals surface area contributed by atoms with Gasteiger partial charge in [0.1, 0.15) is 0 Å². The summed E-state index contributed by atoms with van der Waals surface area (Å²) in [5, 5.41) is 13.9. The van der Waals surface area contributed by atoms with E-state index in [1.54, 1.807) is 10.6 Å². The fourth-order valence-electron chi connectivity index (χ4n) is 2.77. The van der Waals surface area contributed by atoms with E-state index in [9.17, 15) is 9.90 Å². The average molecular weight is 293 g/mol. The van der Waals surface area contributed by atoms with Crippen LogP contribution in [0.1, 0.15) is 40.5 Å². The summed E-state index contributed by atoms with van der Waals surface area (Å²) in [4.78, 5) is 15.5. The SMILES string of the molecule is Cc1ccccc1-c1cc2nc(C(=O)O)cc(C3CC3)n2n1. The van der Waals surface area contributed by atoms with Crippen molar-refractivity contribution in [2.75, 3.05) is 0 Å². The van der Waals surface area contributed by atoms with E-state index in [4.69, 9.17) is 0 Å². The molecule has 1 aliphatic rings. The molecule has 1 saturated carbocycles. The Labute approximate surface area is 127 Å². The van der Waals surface area contributed by atoms with E-state index in [0.717, 1.165) is 35.4 Å². The van der Waals surface area contributed by atoms with Gasteiger partial charge in [-0.3, -0.25) is 0 Å². The van der Waals surface area contributed by atoms with Crippen molar-refractivity contribution in [1.29, 1.82) is 0 Å². The van der Waals surface area contributed by atoms with Crippen molar-refractivity contribution < 1.29 is 9.90 Å². The minimum atomic E-state index is -0.997. The van der Waals surface area contributed by atoms with Gasteiger partial charge in [-0.2, -0.15) is 5.10 Å². The van der Waals surface area contributed by atoms with Gasteiger partial charge in [0.2, 0.25) is 0 Å². The van der Waals surface area contributed by atoms with Crippen molar-refractivity contribution in [3.05, 3.63) is 53.3 Å². The second-order valence-corrected chi connectivity index (χ2v) is 5.76. The molecule has 0 spiro atoms. The summed E-state index contributed by atoms with van der Waals surface area (Å²) in [6, 6.07) is 11.5. The van der Waals surface area contributed by atoms with Crippen LogP contribution in [0.2, 0.25) is 0 Å². The quantitative estimate of drug-likeness (QED) is 0.804. The number of aryl methyl sites for hydroxylation is 1. The van der Waals surface area contributed by atoms with Crippen LogP contribution < -0.4 is 0 Å². The topological polar surface area (TPSA) is 67.5 Å². The van der Waals surface area contributed by atoms with Crippen LogP contribution in [0.3, 0.4) is 0 Å². The minimum Gasteiger partial charge on any atom is -0.477 e. The summed E-state index contributed by atoms with van der Waals surface area (Å²) >= 11 is 0. The minimum absolute atomic E-state index is 0.0885. The van der Waals surface area contributed by atoms with Gasteiger partial charge in [0.05, 0.1) is 5.69 Å². The lowest BCUT2D eigenvalue weighted by Gasteiger charge is -2.04. The second kappa shape index (κ2) is 4.66. The molecule has 4 rings (SSSR count). The molecule has 1 fully saturated rings. The molecule has 0 saturated heterocycles. The molecule has 0 atom stereocenters. The van der Waals surface area contributed by atoms with Crippen LogP contribution in [0.25, 0.3) is 16.9 Å². The zero-order valence-electron chi connectivity index (χ0n) is 12.2. The zero-order valence-corrected chi connectivity index (χ0v) is 12.2. The van der Waals surface area contributed by atoms with Crippen molar-refractivity contribution in [2.45, 2.75) is 25.7 Å². The molecule has 2 aromatic heterocycles. The molecule has 0 amide bonds. The first-order valence-electron chi connectivity index (χ1n) is 7.33. The number of hydrogen-bond acceptors (Lipinski definition) is 3. The van der Waals surface area contributed by atoms with E-state index in [1.807, 2.05) is 37.3 Å². The highest BCUT2D eigenvalue weighted by Gasteiger charge is 2.28. The first-order chi connectivity index (χ1) is 10.6. The summed E-state index contributed by atoms with van der Waals surface area (Å²) in [6.45, 7) is 2.04. The number of aromatic carboxylic acids is 1. The lowest BCUT2D eigenvalue weighted by Crippen LogP contribution is -2.06. The van der Waals surface area contributed by atoms with Gasteiger partial charge < -0.3 is 5.11 Å². The maximum atomic E-state index is 11.3. The third-order valence-corrected chi connectivity index (χ3v) is 4.09. The number of aromatic nitrogens is 3. The standard InChI is InChI=1S/C17H15N3O2/c1-10-4-2-3-5-12(10)13-9-16-18-14(17(21)22)8-15(11-6-7-11)20(16)19-13/h2-5,8-9,11H,6-7H2,1H3,(H,21,22). The molecule has 3 aromatic rings. The molecule has 0 aliphatic heterocycles. The van der Waals surface area contributed by atoms with Crippen LogP contribution in [0.15, 0.2) is 36.4 Å². The van der Waals surface area contributed by atoms with Gasteiger partial charge >= 0.3 is 5.97 Å². The molecule has 0 bridgehead atoms. The van der Waals surface area contributed by atoms with Gasteiger partial charge in [0, 0.05) is 23.2 Å². The molecule has 0 unspecified atom stereocenters. The number of nitrogens with zero attached hydrogens (tertiary/aromatic N) is 3. The largest absolute Gasteiger partial charge is 0.477 e. The van der Waals surface area contributed by atoms with Crippen molar-refractivity contribution in [1.82, 2.24) is 14.6 Å². The normalized spacial score (nSPS) is 14.4. The van der Waals surface area contributed by atoms with Crippen molar-refractivity contribution >= 4 is 11.6 Å². The van der Waals surface area contributed by atoms with Gasteiger partial charge in [-0.05, 0) is 31.4 Å². The number of carboxylic acids is 1. The molecule has 5 nitrogen and oxygen atoms in total. The van der Waals surface area contributed by atoms with Gasteiger partial charge in [0.15, 0.2) is 11.3 Å². The third-order valence-electron chi connectivity index (χ3n) is 4.09. The third kappa shape index (κ3) is 2.06. The highest BCUT2D eigenvalue weighted by Crippen LogP contribution is 2.40. The molecule has 2 heterocycles. The lowest BCUT2D eigenvalue weighted by molar-refractivity contribution is 0.0690. The highest BCUT2D eigenvalue weighted by molar-refractivity contribution is 5.86. The lowest BCUT2D eigenvalue weighted by atomic mass is 10.1. The number of benzene rings is 1. The van der Waals surface area contributed by atoms with E-state index in [0.29, 0.717) is 11.6 Å². The van der Waals surface area contributed by atoms with E-state index >= 15 is 0 Å². The molecule has 1 aliphatic carbocycles. The predicted molar refractivity (Wildman–Crippen MR) is 82.1 cm³/mol. The smallest absolute Gasteiger partial charge is 0.354 e. The number of carbonyl (C=O) groups is 1. The van der Waals surface area contributed by atoms with Crippen molar-refractivity contribution in [3.8, 4) is 11.3 Å². The molecule has 110 valence electrons. The Morgan fingerprint density at radius 1 is 1.27 bits per heavy atom. The number of carboxylic acid groups (broad SMARTS) is 1. The molecule has 0 radical (unpaired) electrons. The summed E-state index contributed by atoms with van der Waals surface area (Å²) in [6.07, 6.45) is 2.16. The summed E-state index contributed by atoms with van der Waals surface area (Å²) in [5.41, 5.74) is 4.65. The number of fused-ring (bicyclic) bond motifs is 1. The van der Waals surface area contributed by atoms with Crippen molar-refractivity contribution in [3.63, 3.8) is 0 Å². The number of hydrogen-bond donors (Lipinski definition) is 1. The predicted octanol–water partition coefficient (Wildman–Crippen LogP) is 3.28. The first kappa shape index (κ1) is 13.0. The molecule has 5 heteroatoms. The summed E-state index contributed by atoms with van der Waals surface area (Å²) < 4.78 is 1.80. The van der Waals surface area contributed by atoms with E-state index in [1.165, 1.54) is 0 Å². The molecular weight excluding hydrogens is 278 g/mol. The average Bonchev–Trinajstić information content (AvgIpc) is 3.25. The van der Waals surface area contributed by atoms with Gasteiger partial charge in [-0.25, -0.2) is 14.3 Å². The van der Waals surface area contributed by atoms with Gasteiger partial charge in [-0.1, -0.05) is 24.3 Å². The number of rotatable bonds is 3. The Morgan fingerprint density at radius 2 is 2.05 bits per heavy atom. The van der Waals surface area contributed by atoms with Crippen LogP contribution >= 0.6 is 0 Å².